The Morgan fingerprint density at radius 1 is 1.00 bits per heavy atom. The topological polar surface area (TPSA) is 63.6 Å². The molecule has 1 atom stereocenters. The first-order chi connectivity index (χ1) is 14.1. The zero-order chi connectivity index (χ0) is 20.5. The Labute approximate surface area is 174 Å². The molecule has 0 radical (unpaired) electrons. The van der Waals surface area contributed by atoms with Crippen molar-refractivity contribution in [2.24, 2.45) is 5.92 Å². The number of aliphatic hydroxyl groups excluding tert-OH is 1. The van der Waals surface area contributed by atoms with Crippen molar-refractivity contribution in [3.63, 3.8) is 0 Å². The first kappa shape index (κ1) is 21.8. The second-order valence-corrected chi connectivity index (χ2v) is 9.71. The minimum absolute atomic E-state index is 0.0719. The fourth-order valence-corrected chi connectivity index (χ4v) is 5.36. The molecule has 0 aliphatic heterocycles. The van der Waals surface area contributed by atoms with Crippen molar-refractivity contribution in [2.45, 2.75) is 56.1 Å². The van der Waals surface area contributed by atoms with E-state index < -0.39 is 15.9 Å². The fourth-order valence-electron chi connectivity index (χ4n) is 3.76. The number of allylic oxidation sites excluding steroid dienone is 1. The number of aliphatic hydroxyl groups is 1. The Bertz CT molecular complexity index is 870. The maximum Gasteiger partial charge on any atom is 0.202 e. The largest absolute Gasteiger partial charge is 0.390 e. The van der Waals surface area contributed by atoms with Gasteiger partial charge in [0, 0.05) is 11.3 Å². The molecule has 5 heteroatoms. The Morgan fingerprint density at radius 3 is 2.28 bits per heavy atom. The maximum absolute atomic E-state index is 13.2. The van der Waals surface area contributed by atoms with E-state index in [1.165, 1.54) is 6.42 Å². The van der Waals surface area contributed by atoms with Crippen molar-refractivity contribution in [3.05, 3.63) is 77.2 Å². The molecule has 2 aromatic carbocycles. The van der Waals surface area contributed by atoms with E-state index in [0.29, 0.717) is 11.5 Å². The van der Waals surface area contributed by atoms with Crippen LogP contribution in [0.15, 0.2) is 76.5 Å². The van der Waals surface area contributed by atoms with Crippen LogP contribution in [-0.4, -0.2) is 26.2 Å². The monoisotopic (exact) mass is 414 g/mol. The highest BCUT2D eigenvalue weighted by atomic mass is 32.2. The van der Waals surface area contributed by atoms with E-state index >= 15 is 0 Å². The molecular formula is C24H30O4S. The summed E-state index contributed by atoms with van der Waals surface area (Å²) in [4.78, 5) is 0.589. The van der Waals surface area contributed by atoms with Crippen LogP contribution >= 0.6 is 0 Å². The SMILES string of the molecule is O=S(=O)(/C(=C\C1CCCCC1)CC(O)COCc1ccccc1)c1ccccc1. The first-order valence-electron chi connectivity index (χ1n) is 10.4. The Balaban J connectivity index is 1.70. The average molecular weight is 415 g/mol. The first-order valence-corrected chi connectivity index (χ1v) is 11.8. The van der Waals surface area contributed by atoms with Gasteiger partial charge in [0.25, 0.3) is 0 Å². The highest BCUT2D eigenvalue weighted by molar-refractivity contribution is 7.95. The molecule has 1 aliphatic rings. The molecule has 2 aromatic rings. The molecule has 0 amide bonds. The molecule has 156 valence electrons. The number of benzene rings is 2. The number of sulfone groups is 1. The van der Waals surface area contributed by atoms with E-state index in [-0.39, 0.29) is 23.8 Å². The third-order valence-corrected chi connectivity index (χ3v) is 7.21. The van der Waals surface area contributed by atoms with Gasteiger partial charge in [0.05, 0.1) is 24.2 Å². The molecule has 0 aromatic heterocycles. The summed E-state index contributed by atoms with van der Waals surface area (Å²) in [7, 11) is -3.63. The molecule has 4 nitrogen and oxygen atoms in total. The van der Waals surface area contributed by atoms with Crippen LogP contribution in [0.5, 0.6) is 0 Å². The van der Waals surface area contributed by atoms with Crippen LogP contribution in [0.1, 0.15) is 44.1 Å². The molecule has 29 heavy (non-hydrogen) atoms. The highest BCUT2D eigenvalue weighted by Gasteiger charge is 2.25. The predicted octanol–water partition coefficient (Wildman–Crippen LogP) is 4.89. The van der Waals surface area contributed by atoms with E-state index in [4.69, 9.17) is 4.74 Å². The molecule has 0 heterocycles. The number of ether oxygens (including phenoxy) is 1. The third kappa shape index (κ3) is 6.53. The molecule has 1 fully saturated rings. The van der Waals surface area contributed by atoms with Crippen LogP contribution in [0.25, 0.3) is 0 Å². The summed E-state index contributed by atoms with van der Waals surface area (Å²) >= 11 is 0. The van der Waals surface area contributed by atoms with E-state index in [9.17, 15) is 13.5 Å². The van der Waals surface area contributed by atoms with Gasteiger partial charge < -0.3 is 9.84 Å². The lowest BCUT2D eigenvalue weighted by Gasteiger charge is -2.21. The van der Waals surface area contributed by atoms with E-state index in [1.807, 2.05) is 36.4 Å². The van der Waals surface area contributed by atoms with Gasteiger partial charge in [0.2, 0.25) is 9.84 Å². The van der Waals surface area contributed by atoms with E-state index in [1.54, 1.807) is 30.3 Å². The summed E-state index contributed by atoms with van der Waals surface area (Å²) in [6.07, 6.45) is 6.58. The molecule has 1 aliphatic carbocycles. The average Bonchev–Trinajstić information content (AvgIpc) is 2.75. The second kappa shape index (κ2) is 10.7. The molecular weight excluding hydrogens is 384 g/mol. The number of hydrogen-bond donors (Lipinski definition) is 1. The van der Waals surface area contributed by atoms with Gasteiger partial charge >= 0.3 is 0 Å². The van der Waals surface area contributed by atoms with Crippen molar-refractivity contribution in [1.29, 1.82) is 0 Å². The number of rotatable bonds is 9. The lowest BCUT2D eigenvalue weighted by Crippen LogP contribution is -2.20. The quantitative estimate of drug-likeness (QED) is 0.634. The smallest absolute Gasteiger partial charge is 0.202 e. The van der Waals surface area contributed by atoms with E-state index in [2.05, 4.69) is 0 Å². The van der Waals surface area contributed by atoms with Crippen LogP contribution in [0, 0.1) is 5.92 Å². The molecule has 1 unspecified atom stereocenters. The zero-order valence-electron chi connectivity index (χ0n) is 16.7. The second-order valence-electron chi connectivity index (χ2n) is 7.71. The van der Waals surface area contributed by atoms with Crippen molar-refractivity contribution >= 4 is 9.84 Å². The van der Waals surface area contributed by atoms with Gasteiger partial charge in [-0.15, -0.1) is 0 Å². The lowest BCUT2D eigenvalue weighted by atomic mass is 9.89. The summed E-state index contributed by atoms with van der Waals surface area (Å²) in [5.74, 6) is 0.259. The molecule has 1 N–H and O–H groups in total. The summed E-state index contributed by atoms with van der Waals surface area (Å²) in [5.41, 5.74) is 1.02. The van der Waals surface area contributed by atoms with E-state index in [0.717, 1.165) is 31.2 Å². The Kier molecular flexibility index (Phi) is 8.04. The third-order valence-electron chi connectivity index (χ3n) is 5.33. The van der Waals surface area contributed by atoms with Crippen LogP contribution in [-0.2, 0) is 21.2 Å². The van der Waals surface area contributed by atoms with Gasteiger partial charge in [0.15, 0.2) is 0 Å². The van der Waals surface area contributed by atoms with Crippen molar-refractivity contribution < 1.29 is 18.3 Å². The fraction of sp³-hybridized carbons (Fsp3) is 0.417. The number of hydrogen-bond acceptors (Lipinski definition) is 4. The predicted molar refractivity (Wildman–Crippen MR) is 115 cm³/mol. The van der Waals surface area contributed by atoms with Crippen LogP contribution in [0.4, 0.5) is 0 Å². The van der Waals surface area contributed by atoms with Crippen LogP contribution in [0.2, 0.25) is 0 Å². The summed E-state index contributed by atoms with van der Waals surface area (Å²) in [6.45, 7) is 0.492. The summed E-state index contributed by atoms with van der Waals surface area (Å²) < 4.78 is 32.1. The van der Waals surface area contributed by atoms with Crippen molar-refractivity contribution in [2.75, 3.05) is 6.61 Å². The lowest BCUT2D eigenvalue weighted by molar-refractivity contribution is 0.0295. The Morgan fingerprint density at radius 2 is 1.62 bits per heavy atom. The zero-order valence-corrected chi connectivity index (χ0v) is 17.6. The van der Waals surface area contributed by atoms with Crippen LogP contribution in [0.3, 0.4) is 0 Å². The van der Waals surface area contributed by atoms with Crippen molar-refractivity contribution in [1.82, 2.24) is 0 Å². The molecule has 0 bridgehead atoms. The summed E-state index contributed by atoms with van der Waals surface area (Å²) in [6, 6.07) is 18.2. The molecule has 3 rings (SSSR count). The minimum atomic E-state index is -3.63. The van der Waals surface area contributed by atoms with Crippen LogP contribution < -0.4 is 0 Å². The van der Waals surface area contributed by atoms with Gasteiger partial charge in [-0.1, -0.05) is 73.9 Å². The van der Waals surface area contributed by atoms with Gasteiger partial charge in [-0.2, -0.15) is 0 Å². The standard InChI is InChI=1S/C24H30O4S/c25-22(19-28-18-21-12-6-2-7-13-21)17-24(16-20-10-4-1-5-11-20)29(26,27)23-14-8-3-9-15-23/h2-3,6-9,12-16,20,22,25H,1,4-5,10-11,17-19H2/b24-16-. The molecule has 0 saturated heterocycles. The van der Waals surface area contributed by atoms with Gasteiger partial charge in [0.1, 0.15) is 0 Å². The van der Waals surface area contributed by atoms with Crippen molar-refractivity contribution in [3.8, 4) is 0 Å². The Hall–Kier alpha value is -1.95. The minimum Gasteiger partial charge on any atom is -0.390 e. The normalized spacial score (nSPS) is 17.2. The van der Waals surface area contributed by atoms with Gasteiger partial charge in [-0.25, -0.2) is 8.42 Å². The maximum atomic E-state index is 13.2. The van der Waals surface area contributed by atoms with Gasteiger partial charge in [-0.3, -0.25) is 0 Å². The highest BCUT2D eigenvalue weighted by Crippen LogP contribution is 2.30. The molecule has 0 spiro atoms. The molecule has 1 saturated carbocycles. The summed E-state index contributed by atoms with van der Waals surface area (Å²) in [5, 5.41) is 10.5. The van der Waals surface area contributed by atoms with Gasteiger partial charge in [-0.05, 0) is 36.5 Å².